The second-order valence-electron chi connectivity index (χ2n) is 13.0. The zero-order chi connectivity index (χ0) is 33.0. The molecule has 240 valence electrons. The number of benzene rings is 7. The molecule has 1 aliphatic heterocycles. The maximum absolute atomic E-state index is 6.55. The van der Waals surface area contributed by atoms with Gasteiger partial charge in [-0.3, -0.25) is 16.0 Å². The maximum atomic E-state index is 6.55. The molecule has 5 heteroatoms. The Balaban J connectivity index is 1.13. The summed E-state index contributed by atoms with van der Waals surface area (Å²) in [7, 11) is 0. The fraction of sp³-hybridized carbons (Fsp3) is 0.0667. The molecule has 10 rings (SSSR count). The number of nitrogens with one attached hydrogen (secondary N) is 3. The average Bonchev–Trinajstić information content (AvgIpc) is 3.77. The third kappa shape index (κ3) is 4.83. The van der Waals surface area contributed by atoms with Crippen LogP contribution < -0.4 is 16.0 Å². The summed E-state index contributed by atoms with van der Waals surface area (Å²) in [5.74, 6) is 0. The second kappa shape index (κ2) is 11.9. The van der Waals surface area contributed by atoms with Crippen molar-refractivity contribution in [3.05, 3.63) is 180 Å². The van der Waals surface area contributed by atoms with Gasteiger partial charge in [0.2, 0.25) is 0 Å². The van der Waals surface area contributed by atoms with Crippen molar-refractivity contribution in [2.24, 2.45) is 0 Å². The van der Waals surface area contributed by atoms with Crippen LogP contribution in [0.1, 0.15) is 35.2 Å². The summed E-state index contributed by atoms with van der Waals surface area (Å²) < 4.78 is 13.1. The number of furan rings is 2. The van der Waals surface area contributed by atoms with Crippen LogP contribution in [0.15, 0.2) is 173 Å². The molecule has 3 atom stereocenters. The van der Waals surface area contributed by atoms with E-state index in [0.717, 1.165) is 71.7 Å². The van der Waals surface area contributed by atoms with E-state index in [0.29, 0.717) is 0 Å². The maximum Gasteiger partial charge on any atom is 0.141 e. The SMILES string of the molecule is c1ccc(-c2ccc(C3NC(c4cccc5c4oc4ccccc45)NC(c4cccc5oc6cccc(-c7ccccc7)c6c45)N3)cc2)cc1. The third-order valence-electron chi connectivity index (χ3n) is 10.0. The summed E-state index contributed by atoms with van der Waals surface area (Å²) in [5, 5.41) is 16.2. The quantitative estimate of drug-likeness (QED) is 0.174. The molecule has 0 radical (unpaired) electrons. The van der Waals surface area contributed by atoms with Gasteiger partial charge in [-0.2, -0.15) is 0 Å². The van der Waals surface area contributed by atoms with Crippen molar-refractivity contribution < 1.29 is 8.83 Å². The van der Waals surface area contributed by atoms with Gasteiger partial charge in [0.1, 0.15) is 22.3 Å². The molecular weight excluding hydrogens is 615 g/mol. The fourth-order valence-electron chi connectivity index (χ4n) is 7.68. The molecule has 5 nitrogen and oxygen atoms in total. The van der Waals surface area contributed by atoms with E-state index in [1.807, 2.05) is 12.1 Å². The minimum Gasteiger partial charge on any atom is -0.456 e. The summed E-state index contributed by atoms with van der Waals surface area (Å²) in [6.07, 6.45) is -0.628. The Morgan fingerprint density at radius 3 is 1.72 bits per heavy atom. The predicted octanol–water partition coefficient (Wildman–Crippen LogP) is 11.0. The van der Waals surface area contributed by atoms with Crippen LogP contribution in [0.2, 0.25) is 0 Å². The first-order valence-corrected chi connectivity index (χ1v) is 17.1. The van der Waals surface area contributed by atoms with Gasteiger partial charge in [0, 0.05) is 27.1 Å². The molecule has 0 amide bonds. The third-order valence-corrected chi connectivity index (χ3v) is 10.0. The van der Waals surface area contributed by atoms with E-state index in [2.05, 4.69) is 168 Å². The van der Waals surface area contributed by atoms with Crippen molar-refractivity contribution in [3.63, 3.8) is 0 Å². The molecule has 7 aromatic carbocycles. The van der Waals surface area contributed by atoms with E-state index >= 15 is 0 Å². The first kappa shape index (κ1) is 29.0. The number of rotatable bonds is 5. The second-order valence-corrected chi connectivity index (χ2v) is 13.0. The summed E-state index contributed by atoms with van der Waals surface area (Å²) in [6.45, 7) is 0. The van der Waals surface area contributed by atoms with Gasteiger partial charge < -0.3 is 8.83 Å². The smallest absolute Gasteiger partial charge is 0.141 e. The lowest BCUT2D eigenvalue weighted by molar-refractivity contribution is 0.204. The molecule has 1 saturated heterocycles. The van der Waals surface area contributed by atoms with E-state index in [-0.39, 0.29) is 18.5 Å². The Labute approximate surface area is 289 Å². The Bertz CT molecular complexity index is 2640. The van der Waals surface area contributed by atoms with Gasteiger partial charge >= 0.3 is 0 Å². The molecule has 50 heavy (non-hydrogen) atoms. The van der Waals surface area contributed by atoms with Crippen molar-refractivity contribution in [3.8, 4) is 22.3 Å². The zero-order valence-corrected chi connectivity index (χ0v) is 27.1. The van der Waals surface area contributed by atoms with E-state index in [4.69, 9.17) is 8.83 Å². The minimum atomic E-state index is -0.230. The highest BCUT2D eigenvalue weighted by molar-refractivity contribution is 6.14. The molecule has 0 spiro atoms. The molecular formula is C45H33N3O2. The molecule has 0 bridgehead atoms. The van der Waals surface area contributed by atoms with Crippen LogP contribution in [-0.2, 0) is 0 Å². The minimum absolute atomic E-state index is 0.169. The van der Waals surface area contributed by atoms with Crippen LogP contribution in [0.4, 0.5) is 0 Å². The van der Waals surface area contributed by atoms with Gasteiger partial charge in [-0.15, -0.1) is 0 Å². The molecule has 1 aliphatic rings. The molecule has 2 aromatic heterocycles. The summed E-state index contributed by atoms with van der Waals surface area (Å²) in [5.41, 5.74) is 11.5. The first-order chi connectivity index (χ1) is 24.8. The largest absolute Gasteiger partial charge is 0.456 e. The highest BCUT2D eigenvalue weighted by Crippen LogP contribution is 2.42. The Hall–Kier alpha value is -5.98. The standard InChI is InChI=1S/C45H33N3O2/c1-3-12-28(13-4-1)29-24-26-31(27-25-29)43-46-44(48-45(47-43)36-20-9-18-34-33-16-7-8-21-37(33)50-42(34)36)35-19-11-23-39-41(35)40-32(17-10-22-38(40)49-39)30-14-5-2-6-15-30/h1-27,43-48H. The number of para-hydroxylation sites is 2. The van der Waals surface area contributed by atoms with Crippen molar-refractivity contribution >= 4 is 43.9 Å². The summed E-state index contributed by atoms with van der Waals surface area (Å²) in [4.78, 5) is 0. The van der Waals surface area contributed by atoms with Crippen LogP contribution >= 0.6 is 0 Å². The van der Waals surface area contributed by atoms with Crippen molar-refractivity contribution in [2.75, 3.05) is 0 Å². The normalized spacial score (nSPS) is 18.0. The van der Waals surface area contributed by atoms with Gasteiger partial charge in [0.15, 0.2) is 0 Å². The highest BCUT2D eigenvalue weighted by Gasteiger charge is 2.33. The molecule has 9 aromatic rings. The lowest BCUT2D eigenvalue weighted by Gasteiger charge is -2.39. The van der Waals surface area contributed by atoms with Gasteiger partial charge in [-0.05, 0) is 51.6 Å². The van der Waals surface area contributed by atoms with Crippen LogP contribution in [-0.4, -0.2) is 0 Å². The lowest BCUT2D eigenvalue weighted by atomic mass is 9.95. The first-order valence-electron chi connectivity index (χ1n) is 17.1. The number of hydrogen-bond acceptors (Lipinski definition) is 5. The van der Waals surface area contributed by atoms with Gasteiger partial charge in [0.05, 0.1) is 18.5 Å². The molecule has 3 unspecified atom stereocenters. The lowest BCUT2D eigenvalue weighted by Crippen LogP contribution is -2.54. The molecule has 3 heterocycles. The van der Waals surface area contributed by atoms with Gasteiger partial charge in [0.25, 0.3) is 0 Å². The van der Waals surface area contributed by atoms with E-state index in [1.54, 1.807) is 0 Å². The number of fused-ring (bicyclic) bond motifs is 6. The monoisotopic (exact) mass is 647 g/mol. The van der Waals surface area contributed by atoms with Crippen LogP contribution in [0.5, 0.6) is 0 Å². The molecule has 3 N–H and O–H groups in total. The molecule has 1 fully saturated rings. The molecule has 0 saturated carbocycles. The highest BCUT2D eigenvalue weighted by atomic mass is 16.3. The topological polar surface area (TPSA) is 62.4 Å². The Morgan fingerprint density at radius 2 is 0.920 bits per heavy atom. The van der Waals surface area contributed by atoms with Crippen LogP contribution in [0.3, 0.4) is 0 Å². The van der Waals surface area contributed by atoms with E-state index < -0.39 is 0 Å². The Morgan fingerprint density at radius 1 is 0.360 bits per heavy atom. The van der Waals surface area contributed by atoms with Gasteiger partial charge in [-0.1, -0.05) is 146 Å². The van der Waals surface area contributed by atoms with Crippen molar-refractivity contribution in [2.45, 2.75) is 18.5 Å². The molecule has 0 aliphatic carbocycles. The van der Waals surface area contributed by atoms with Crippen molar-refractivity contribution in [1.82, 2.24) is 16.0 Å². The average molecular weight is 648 g/mol. The fourth-order valence-corrected chi connectivity index (χ4v) is 7.68. The van der Waals surface area contributed by atoms with Crippen LogP contribution in [0, 0.1) is 0 Å². The van der Waals surface area contributed by atoms with Crippen LogP contribution in [0.25, 0.3) is 66.1 Å². The predicted molar refractivity (Wildman–Crippen MR) is 202 cm³/mol. The summed E-state index contributed by atoms with van der Waals surface area (Å²) >= 11 is 0. The summed E-state index contributed by atoms with van der Waals surface area (Å²) in [6, 6.07) is 57.3. The zero-order valence-electron chi connectivity index (χ0n) is 27.1. The Kier molecular flexibility index (Phi) is 6.88. The van der Waals surface area contributed by atoms with Gasteiger partial charge in [-0.25, -0.2) is 0 Å². The number of hydrogen-bond donors (Lipinski definition) is 3. The van der Waals surface area contributed by atoms with E-state index in [1.165, 1.54) is 11.1 Å². The van der Waals surface area contributed by atoms with Crippen molar-refractivity contribution in [1.29, 1.82) is 0 Å². The van der Waals surface area contributed by atoms with E-state index in [9.17, 15) is 0 Å².